The molecular formula is C27H34F2O. The lowest BCUT2D eigenvalue weighted by atomic mass is 9.94. The highest BCUT2D eigenvalue weighted by Gasteiger charge is 2.14. The van der Waals surface area contributed by atoms with Crippen LogP contribution in [0.25, 0.3) is 17.2 Å². The molecule has 0 amide bonds. The van der Waals surface area contributed by atoms with Crippen LogP contribution in [0.5, 0.6) is 0 Å². The van der Waals surface area contributed by atoms with E-state index in [-0.39, 0.29) is 17.2 Å². The lowest BCUT2D eigenvalue weighted by molar-refractivity contribution is 0.0468. The van der Waals surface area contributed by atoms with Gasteiger partial charge < -0.3 is 4.74 Å². The van der Waals surface area contributed by atoms with Crippen molar-refractivity contribution in [2.24, 2.45) is 5.92 Å². The Hall–Kier alpha value is -2.26. The molecule has 3 heteroatoms. The topological polar surface area (TPSA) is 9.23 Å². The zero-order chi connectivity index (χ0) is 21.8. The number of halogens is 2. The Morgan fingerprint density at radius 3 is 2.47 bits per heavy atom. The quantitative estimate of drug-likeness (QED) is 0.238. The predicted octanol–water partition coefficient (Wildman–Crippen LogP) is 8.21. The van der Waals surface area contributed by atoms with Crippen LogP contribution >= 0.6 is 0 Å². The molecule has 2 unspecified atom stereocenters. The Balaban J connectivity index is 1.98. The molecule has 0 N–H and O–H groups in total. The standard InChI is InChI=1S/C27H34F2O/c1-4-6-10-19-30-21(3)20-22(12-5-2)13-11-16-24-17-18-25(27(29)26(24)28)23-14-8-7-9-15-23/h5,7-9,11,14-18,21-22H,2,4,6,10,12-13,19-20H2,1,3H3/b16-11+. The smallest absolute Gasteiger partial charge is 0.167 e. The van der Waals surface area contributed by atoms with Crippen molar-refractivity contribution in [3.63, 3.8) is 0 Å². The minimum Gasteiger partial charge on any atom is -0.378 e. The van der Waals surface area contributed by atoms with E-state index < -0.39 is 11.6 Å². The summed E-state index contributed by atoms with van der Waals surface area (Å²) in [6.07, 6.45) is 11.7. The van der Waals surface area contributed by atoms with E-state index in [0.717, 1.165) is 32.3 Å². The molecule has 0 aliphatic rings. The second-order valence-electron chi connectivity index (χ2n) is 7.85. The molecule has 2 atom stereocenters. The molecule has 30 heavy (non-hydrogen) atoms. The van der Waals surface area contributed by atoms with E-state index in [1.165, 1.54) is 12.8 Å². The van der Waals surface area contributed by atoms with Gasteiger partial charge in [-0.25, -0.2) is 8.78 Å². The minimum atomic E-state index is -0.805. The molecule has 2 aromatic rings. The monoisotopic (exact) mass is 412 g/mol. The molecule has 0 saturated heterocycles. The van der Waals surface area contributed by atoms with Crippen LogP contribution in [-0.4, -0.2) is 12.7 Å². The van der Waals surface area contributed by atoms with Crippen LogP contribution in [0.15, 0.2) is 61.2 Å². The van der Waals surface area contributed by atoms with Gasteiger partial charge >= 0.3 is 0 Å². The first kappa shape index (κ1) is 24.0. The molecule has 162 valence electrons. The Morgan fingerprint density at radius 1 is 1.00 bits per heavy atom. The van der Waals surface area contributed by atoms with Gasteiger partial charge in [-0.2, -0.15) is 0 Å². The molecule has 2 aromatic carbocycles. The van der Waals surface area contributed by atoms with E-state index in [9.17, 15) is 8.78 Å². The number of hydrogen-bond acceptors (Lipinski definition) is 1. The lowest BCUT2D eigenvalue weighted by Crippen LogP contribution is -2.14. The van der Waals surface area contributed by atoms with Gasteiger partial charge in [-0.15, -0.1) is 6.58 Å². The minimum absolute atomic E-state index is 0.180. The zero-order valence-corrected chi connectivity index (χ0v) is 18.2. The fourth-order valence-electron chi connectivity index (χ4n) is 3.62. The normalized spacial score (nSPS) is 13.5. The van der Waals surface area contributed by atoms with Crippen molar-refractivity contribution in [3.8, 4) is 11.1 Å². The second kappa shape index (κ2) is 13.1. The highest BCUT2D eigenvalue weighted by molar-refractivity contribution is 5.66. The third kappa shape index (κ3) is 7.53. The van der Waals surface area contributed by atoms with Crippen LogP contribution in [0.4, 0.5) is 8.78 Å². The Morgan fingerprint density at radius 2 is 1.77 bits per heavy atom. The molecule has 1 nitrogen and oxygen atoms in total. The third-order valence-electron chi connectivity index (χ3n) is 5.28. The number of unbranched alkanes of at least 4 members (excludes halogenated alkanes) is 2. The van der Waals surface area contributed by atoms with Crippen LogP contribution in [0.1, 0.15) is 57.9 Å². The van der Waals surface area contributed by atoms with Gasteiger partial charge in [0, 0.05) is 17.7 Å². The van der Waals surface area contributed by atoms with E-state index >= 15 is 0 Å². The number of rotatable bonds is 13. The van der Waals surface area contributed by atoms with Gasteiger partial charge in [0.2, 0.25) is 0 Å². The fourth-order valence-corrected chi connectivity index (χ4v) is 3.62. The first-order valence-electron chi connectivity index (χ1n) is 11.0. The van der Waals surface area contributed by atoms with E-state index in [1.54, 1.807) is 30.3 Å². The average Bonchev–Trinajstić information content (AvgIpc) is 2.75. The summed E-state index contributed by atoms with van der Waals surface area (Å²) < 4.78 is 35.0. The Kier molecular flexibility index (Phi) is 10.5. The maximum absolute atomic E-state index is 14.6. The van der Waals surface area contributed by atoms with Crippen LogP contribution in [0.2, 0.25) is 0 Å². The molecule has 0 spiro atoms. The maximum atomic E-state index is 14.6. The van der Waals surface area contributed by atoms with E-state index in [4.69, 9.17) is 4.74 Å². The SMILES string of the molecule is C=CCC(C/C=C/c1ccc(-c2ccccc2)c(F)c1F)CC(C)OCCCCC. The van der Waals surface area contributed by atoms with Gasteiger partial charge in [-0.1, -0.05) is 80.5 Å². The van der Waals surface area contributed by atoms with Crippen molar-refractivity contribution >= 4 is 6.08 Å². The summed E-state index contributed by atoms with van der Waals surface area (Å²) in [5.74, 6) is -1.24. The summed E-state index contributed by atoms with van der Waals surface area (Å²) >= 11 is 0. The highest BCUT2D eigenvalue weighted by atomic mass is 19.2. The van der Waals surface area contributed by atoms with Crippen LogP contribution in [0.3, 0.4) is 0 Å². The molecule has 0 bridgehead atoms. The summed E-state index contributed by atoms with van der Waals surface area (Å²) in [5, 5.41) is 0. The van der Waals surface area contributed by atoms with Gasteiger partial charge in [0.05, 0.1) is 6.10 Å². The molecule has 0 radical (unpaired) electrons. The number of hydrogen-bond donors (Lipinski definition) is 0. The van der Waals surface area contributed by atoms with E-state index in [1.807, 2.05) is 30.4 Å². The Labute approximate surface area is 180 Å². The highest BCUT2D eigenvalue weighted by Crippen LogP contribution is 2.27. The van der Waals surface area contributed by atoms with Crippen molar-refractivity contribution in [1.82, 2.24) is 0 Å². The molecule has 0 saturated carbocycles. The van der Waals surface area contributed by atoms with Gasteiger partial charge in [0.1, 0.15) is 0 Å². The molecule has 0 aromatic heterocycles. The predicted molar refractivity (Wildman–Crippen MR) is 123 cm³/mol. The first-order chi connectivity index (χ1) is 14.6. The van der Waals surface area contributed by atoms with Crippen molar-refractivity contribution < 1.29 is 13.5 Å². The summed E-state index contributed by atoms with van der Waals surface area (Å²) in [6, 6.07) is 12.3. The fraction of sp³-hybridized carbons (Fsp3) is 0.407. The van der Waals surface area contributed by atoms with E-state index in [2.05, 4.69) is 20.4 Å². The molecule has 0 aliphatic carbocycles. The average molecular weight is 413 g/mol. The van der Waals surface area contributed by atoms with Gasteiger partial charge in [0.25, 0.3) is 0 Å². The first-order valence-corrected chi connectivity index (χ1v) is 11.0. The van der Waals surface area contributed by atoms with E-state index in [0.29, 0.717) is 11.5 Å². The number of benzene rings is 2. The van der Waals surface area contributed by atoms with Gasteiger partial charge in [-0.3, -0.25) is 0 Å². The van der Waals surface area contributed by atoms with Crippen LogP contribution in [-0.2, 0) is 4.74 Å². The maximum Gasteiger partial charge on any atom is 0.167 e. The largest absolute Gasteiger partial charge is 0.378 e. The molecular weight excluding hydrogens is 378 g/mol. The van der Waals surface area contributed by atoms with Crippen molar-refractivity contribution in [1.29, 1.82) is 0 Å². The lowest BCUT2D eigenvalue weighted by Gasteiger charge is -2.19. The second-order valence-corrected chi connectivity index (χ2v) is 7.85. The molecule has 0 aliphatic heterocycles. The summed E-state index contributed by atoms with van der Waals surface area (Å²) in [6.45, 7) is 8.93. The summed E-state index contributed by atoms with van der Waals surface area (Å²) in [7, 11) is 0. The number of allylic oxidation sites excluding steroid dienone is 2. The third-order valence-corrected chi connectivity index (χ3v) is 5.28. The molecule has 0 heterocycles. The van der Waals surface area contributed by atoms with Crippen molar-refractivity contribution in [2.75, 3.05) is 6.61 Å². The summed E-state index contributed by atoms with van der Waals surface area (Å²) in [4.78, 5) is 0. The van der Waals surface area contributed by atoms with Crippen LogP contribution in [0, 0.1) is 17.6 Å². The van der Waals surface area contributed by atoms with Gasteiger partial charge in [-0.05, 0) is 44.1 Å². The summed E-state index contributed by atoms with van der Waals surface area (Å²) in [5.41, 5.74) is 1.22. The molecule has 0 fully saturated rings. The Bertz CT molecular complexity index is 798. The van der Waals surface area contributed by atoms with Crippen molar-refractivity contribution in [2.45, 2.75) is 58.5 Å². The van der Waals surface area contributed by atoms with Crippen molar-refractivity contribution in [3.05, 3.63) is 78.4 Å². The van der Waals surface area contributed by atoms with Crippen LogP contribution < -0.4 is 0 Å². The molecule has 2 rings (SSSR count). The van der Waals surface area contributed by atoms with Gasteiger partial charge in [0.15, 0.2) is 11.6 Å². The number of ether oxygens (including phenoxy) is 1. The zero-order valence-electron chi connectivity index (χ0n) is 18.2.